The van der Waals surface area contributed by atoms with Crippen molar-refractivity contribution in [2.75, 3.05) is 13.1 Å². The van der Waals surface area contributed by atoms with E-state index in [0.29, 0.717) is 18.9 Å². The number of likely N-dealkylation sites (tertiary alicyclic amines) is 1. The second kappa shape index (κ2) is 7.86. The quantitative estimate of drug-likeness (QED) is 0.908. The molecule has 2 aliphatic rings. The molecule has 2 heterocycles. The summed E-state index contributed by atoms with van der Waals surface area (Å²) in [5, 5.41) is 10.2. The zero-order chi connectivity index (χ0) is 17.9. The van der Waals surface area contributed by atoms with Crippen LogP contribution in [0.4, 0.5) is 0 Å². The van der Waals surface area contributed by atoms with E-state index in [-0.39, 0.29) is 23.3 Å². The molecule has 0 aromatic carbocycles. The molecule has 2 atom stereocenters. The fourth-order valence-corrected chi connectivity index (χ4v) is 4.73. The number of nitrogens with zero attached hydrogens (tertiary/aromatic N) is 2. The van der Waals surface area contributed by atoms with Gasteiger partial charge in [0.05, 0.1) is 12.0 Å². The lowest BCUT2D eigenvalue weighted by molar-refractivity contribution is -0.135. The first-order chi connectivity index (χ1) is 12.0. The normalized spacial score (nSPS) is 26.0. The van der Waals surface area contributed by atoms with Crippen LogP contribution < -0.4 is 0 Å². The van der Waals surface area contributed by atoms with Crippen molar-refractivity contribution in [2.45, 2.75) is 70.8 Å². The second-order valence-corrected chi connectivity index (χ2v) is 8.73. The van der Waals surface area contributed by atoms with Gasteiger partial charge in [-0.05, 0) is 48.6 Å². The molecule has 3 rings (SSSR count). The molecule has 25 heavy (non-hydrogen) atoms. The standard InChI is InChI=1S/C21H32N2O2/c1-21(2)13-18(24)10-12-23(15-21)20(25)19(16-7-4-3-5-8-16)17-9-6-11-22-14-17/h6,9,11,14,16,18-19,24H,3-5,7-8,10,12-13,15H2,1-2H3. The maximum absolute atomic E-state index is 13.6. The van der Waals surface area contributed by atoms with Gasteiger partial charge in [-0.15, -0.1) is 0 Å². The summed E-state index contributed by atoms with van der Waals surface area (Å²) in [7, 11) is 0. The summed E-state index contributed by atoms with van der Waals surface area (Å²) in [6, 6.07) is 4.00. The Morgan fingerprint density at radius 2 is 2.04 bits per heavy atom. The molecule has 0 spiro atoms. The Balaban J connectivity index is 1.85. The number of hydrogen-bond acceptors (Lipinski definition) is 3. The Hall–Kier alpha value is -1.42. The fraction of sp³-hybridized carbons (Fsp3) is 0.714. The van der Waals surface area contributed by atoms with E-state index in [2.05, 4.69) is 24.9 Å². The van der Waals surface area contributed by atoms with Crippen LogP contribution in [0.25, 0.3) is 0 Å². The third-order valence-electron chi connectivity index (χ3n) is 5.88. The number of carbonyl (C=O) groups is 1. The summed E-state index contributed by atoms with van der Waals surface area (Å²) in [5.74, 6) is 0.573. The Morgan fingerprint density at radius 1 is 1.28 bits per heavy atom. The molecule has 1 aromatic rings. The molecule has 0 bridgehead atoms. The molecule has 1 amide bonds. The zero-order valence-corrected chi connectivity index (χ0v) is 15.7. The first-order valence-electron chi connectivity index (χ1n) is 9.83. The summed E-state index contributed by atoms with van der Waals surface area (Å²) >= 11 is 0. The van der Waals surface area contributed by atoms with Crippen LogP contribution in [0.15, 0.2) is 24.5 Å². The van der Waals surface area contributed by atoms with E-state index in [1.165, 1.54) is 19.3 Å². The molecule has 0 radical (unpaired) electrons. The van der Waals surface area contributed by atoms with E-state index in [4.69, 9.17) is 0 Å². The van der Waals surface area contributed by atoms with Crippen molar-refractivity contribution < 1.29 is 9.90 Å². The van der Waals surface area contributed by atoms with Gasteiger partial charge in [0.2, 0.25) is 5.91 Å². The van der Waals surface area contributed by atoms with Gasteiger partial charge in [0.25, 0.3) is 0 Å². The van der Waals surface area contributed by atoms with E-state index in [1.54, 1.807) is 6.20 Å². The number of rotatable bonds is 3. The summed E-state index contributed by atoms with van der Waals surface area (Å²) in [6.45, 7) is 5.70. The summed E-state index contributed by atoms with van der Waals surface area (Å²) in [4.78, 5) is 19.9. The Bertz CT molecular complexity index is 567. The summed E-state index contributed by atoms with van der Waals surface area (Å²) < 4.78 is 0. The zero-order valence-electron chi connectivity index (χ0n) is 15.7. The minimum Gasteiger partial charge on any atom is -0.393 e. The van der Waals surface area contributed by atoms with E-state index in [0.717, 1.165) is 31.4 Å². The molecule has 4 nitrogen and oxygen atoms in total. The molecule has 2 fully saturated rings. The molecule has 1 aromatic heterocycles. The third-order valence-corrected chi connectivity index (χ3v) is 5.88. The number of carbonyl (C=O) groups excluding carboxylic acids is 1. The summed E-state index contributed by atoms with van der Waals surface area (Å²) in [5.41, 5.74) is 1.01. The van der Waals surface area contributed by atoms with Crippen LogP contribution in [0.2, 0.25) is 0 Å². The number of aromatic nitrogens is 1. The first-order valence-corrected chi connectivity index (χ1v) is 9.83. The molecule has 2 unspecified atom stereocenters. The van der Waals surface area contributed by atoms with Gasteiger partial charge in [-0.1, -0.05) is 39.2 Å². The van der Waals surface area contributed by atoms with Crippen molar-refractivity contribution >= 4 is 5.91 Å². The predicted octanol–water partition coefficient (Wildman–Crippen LogP) is 3.76. The molecule has 138 valence electrons. The number of amides is 1. The van der Waals surface area contributed by atoms with Crippen molar-refractivity contribution in [1.29, 1.82) is 0 Å². The highest BCUT2D eigenvalue weighted by Gasteiger charge is 2.37. The average molecular weight is 344 g/mol. The van der Waals surface area contributed by atoms with Crippen LogP contribution in [-0.2, 0) is 4.79 Å². The van der Waals surface area contributed by atoms with Crippen molar-refractivity contribution in [2.24, 2.45) is 11.3 Å². The average Bonchev–Trinajstić information content (AvgIpc) is 2.74. The second-order valence-electron chi connectivity index (χ2n) is 8.73. The fourth-order valence-electron chi connectivity index (χ4n) is 4.73. The third kappa shape index (κ3) is 4.60. The van der Waals surface area contributed by atoms with Gasteiger partial charge in [-0.3, -0.25) is 9.78 Å². The van der Waals surface area contributed by atoms with Crippen molar-refractivity contribution in [3.63, 3.8) is 0 Å². The van der Waals surface area contributed by atoms with Gasteiger partial charge in [-0.2, -0.15) is 0 Å². The Kier molecular flexibility index (Phi) is 5.78. The van der Waals surface area contributed by atoms with Crippen LogP contribution in [-0.4, -0.2) is 40.1 Å². The van der Waals surface area contributed by atoms with Crippen molar-refractivity contribution in [3.8, 4) is 0 Å². The van der Waals surface area contributed by atoms with E-state index in [1.807, 2.05) is 17.2 Å². The lowest BCUT2D eigenvalue weighted by Crippen LogP contribution is -2.42. The molecule has 1 aliphatic heterocycles. The van der Waals surface area contributed by atoms with Crippen LogP contribution in [0.1, 0.15) is 70.3 Å². The van der Waals surface area contributed by atoms with Crippen LogP contribution in [0.3, 0.4) is 0 Å². The van der Waals surface area contributed by atoms with Gasteiger partial charge in [0, 0.05) is 25.5 Å². The number of aliphatic hydroxyl groups is 1. The molecule has 1 N–H and O–H groups in total. The molecular weight excluding hydrogens is 312 g/mol. The van der Waals surface area contributed by atoms with Crippen LogP contribution in [0.5, 0.6) is 0 Å². The largest absolute Gasteiger partial charge is 0.393 e. The Labute approximate surface area is 151 Å². The van der Waals surface area contributed by atoms with Gasteiger partial charge >= 0.3 is 0 Å². The maximum atomic E-state index is 13.6. The first kappa shape index (κ1) is 18.4. The number of aliphatic hydroxyl groups excluding tert-OH is 1. The SMILES string of the molecule is CC1(C)CC(O)CCN(C(=O)C(c2cccnc2)C2CCCCC2)C1. The minimum atomic E-state index is -0.306. The molecule has 1 aliphatic carbocycles. The molecule has 1 saturated heterocycles. The van der Waals surface area contributed by atoms with Gasteiger partial charge in [-0.25, -0.2) is 0 Å². The number of pyridine rings is 1. The van der Waals surface area contributed by atoms with Gasteiger partial charge in [0.1, 0.15) is 0 Å². The Morgan fingerprint density at radius 3 is 2.72 bits per heavy atom. The molecule has 1 saturated carbocycles. The summed E-state index contributed by atoms with van der Waals surface area (Å²) in [6.07, 6.45) is 10.8. The van der Waals surface area contributed by atoms with E-state index >= 15 is 0 Å². The monoisotopic (exact) mass is 344 g/mol. The van der Waals surface area contributed by atoms with Gasteiger partial charge in [0.15, 0.2) is 0 Å². The number of hydrogen-bond donors (Lipinski definition) is 1. The van der Waals surface area contributed by atoms with E-state index < -0.39 is 0 Å². The van der Waals surface area contributed by atoms with Crippen LogP contribution >= 0.6 is 0 Å². The topological polar surface area (TPSA) is 53.4 Å². The highest BCUT2D eigenvalue weighted by Crippen LogP contribution is 2.38. The van der Waals surface area contributed by atoms with Crippen molar-refractivity contribution in [3.05, 3.63) is 30.1 Å². The highest BCUT2D eigenvalue weighted by atomic mass is 16.3. The van der Waals surface area contributed by atoms with E-state index in [9.17, 15) is 9.90 Å². The maximum Gasteiger partial charge on any atom is 0.230 e. The lowest BCUT2D eigenvalue weighted by Gasteiger charge is -2.36. The predicted molar refractivity (Wildman–Crippen MR) is 99.2 cm³/mol. The molecular formula is C21H32N2O2. The van der Waals surface area contributed by atoms with Crippen molar-refractivity contribution in [1.82, 2.24) is 9.88 Å². The smallest absolute Gasteiger partial charge is 0.230 e. The van der Waals surface area contributed by atoms with Gasteiger partial charge < -0.3 is 10.0 Å². The van der Waals surface area contributed by atoms with Crippen LogP contribution in [0, 0.1) is 11.3 Å². The minimum absolute atomic E-state index is 0.0440. The lowest BCUT2D eigenvalue weighted by atomic mass is 9.76. The molecule has 4 heteroatoms. The highest BCUT2D eigenvalue weighted by molar-refractivity contribution is 5.84.